The summed E-state index contributed by atoms with van der Waals surface area (Å²) in [6.07, 6.45) is 1.21. The molecule has 0 N–H and O–H groups in total. The Morgan fingerprint density at radius 2 is 0.527 bits per heavy atom. The summed E-state index contributed by atoms with van der Waals surface area (Å²) in [5.74, 6) is 11.7. The Labute approximate surface area is 352 Å². The van der Waals surface area contributed by atoms with E-state index in [1.54, 1.807) is 0 Å². The van der Waals surface area contributed by atoms with Gasteiger partial charge in [0.25, 0.3) is 0 Å². The molecule has 0 aliphatic heterocycles. The van der Waals surface area contributed by atoms with E-state index < -0.39 is 0 Å². The Kier molecular flexibility index (Phi) is 19.6. The van der Waals surface area contributed by atoms with Crippen LogP contribution in [0.3, 0.4) is 0 Å². The molecule has 0 nitrogen and oxygen atoms in total. The summed E-state index contributed by atoms with van der Waals surface area (Å²) in [5.41, 5.74) is 0.563. The first-order valence-corrected chi connectivity index (χ1v) is 24.4. The highest BCUT2D eigenvalue weighted by Gasteiger charge is 2.71. The van der Waals surface area contributed by atoms with Gasteiger partial charge in [-0.05, 0) is 140 Å². The summed E-state index contributed by atoms with van der Waals surface area (Å²) in [6.45, 7) is 80.2. The topological polar surface area (TPSA) is 0 Å². The minimum Gasteiger partial charge on any atom is -0.0648 e. The fourth-order valence-electron chi connectivity index (χ4n) is 15.6. The van der Waals surface area contributed by atoms with Crippen molar-refractivity contribution in [3.63, 3.8) is 0 Å². The maximum atomic E-state index is 2.71. The molecule has 0 aromatic heterocycles. The largest absolute Gasteiger partial charge is 0.0648 e. The van der Waals surface area contributed by atoms with Crippen molar-refractivity contribution in [3.05, 3.63) is 0 Å². The average molecular weight is 774 g/mol. The van der Waals surface area contributed by atoms with Gasteiger partial charge in [-0.2, -0.15) is 0 Å². The minimum atomic E-state index is 0.0412. The monoisotopic (exact) mass is 773 g/mol. The Balaban J connectivity index is 6.77. The second kappa shape index (κ2) is 19.6. The van der Waals surface area contributed by atoms with Crippen LogP contribution in [0, 0.1) is 133 Å². The van der Waals surface area contributed by atoms with Crippen molar-refractivity contribution in [3.8, 4) is 0 Å². The Morgan fingerprint density at radius 3 is 0.727 bits per heavy atom. The highest BCUT2D eigenvalue weighted by atomic mass is 14.8. The zero-order valence-corrected chi connectivity index (χ0v) is 44.5. The van der Waals surface area contributed by atoms with E-state index in [-0.39, 0.29) is 32.5 Å². The lowest BCUT2D eigenvalue weighted by molar-refractivity contribution is -0.275. The fourth-order valence-corrected chi connectivity index (χ4v) is 15.6. The molecular formula is C55H112. The zero-order chi connectivity index (χ0) is 44.5. The van der Waals surface area contributed by atoms with Crippen molar-refractivity contribution >= 4 is 0 Å². The third kappa shape index (κ3) is 10.1. The third-order valence-corrected chi connectivity index (χ3v) is 21.3. The second-order valence-corrected chi connectivity index (χ2v) is 25.6. The van der Waals surface area contributed by atoms with E-state index in [0.717, 1.165) is 41.4 Å². The molecular weight excluding hydrogens is 661 g/mol. The molecule has 0 saturated heterocycles. The lowest BCUT2D eigenvalue weighted by Crippen LogP contribution is -2.70. The van der Waals surface area contributed by atoms with Crippen molar-refractivity contribution < 1.29 is 0 Å². The molecule has 0 bridgehead atoms. The van der Waals surface area contributed by atoms with E-state index in [0.29, 0.717) is 59.2 Å². The third-order valence-electron chi connectivity index (χ3n) is 21.3. The van der Waals surface area contributed by atoms with Crippen LogP contribution in [0.15, 0.2) is 0 Å². The lowest BCUT2D eigenvalue weighted by Gasteiger charge is -2.75. The molecule has 0 unspecified atom stereocenters. The second-order valence-electron chi connectivity index (χ2n) is 25.6. The molecule has 0 aromatic carbocycles. The summed E-state index contributed by atoms with van der Waals surface area (Å²) >= 11 is 0. The van der Waals surface area contributed by atoms with Crippen LogP contribution >= 0.6 is 0 Å². The summed E-state index contributed by atoms with van der Waals surface area (Å²) < 4.78 is 0. The molecule has 0 heteroatoms. The van der Waals surface area contributed by atoms with Gasteiger partial charge in [0.15, 0.2) is 0 Å². The Hall–Kier alpha value is 0. The van der Waals surface area contributed by atoms with Gasteiger partial charge in [0, 0.05) is 0 Å². The van der Waals surface area contributed by atoms with Crippen molar-refractivity contribution in [1.29, 1.82) is 0 Å². The Morgan fingerprint density at radius 1 is 0.291 bits per heavy atom. The summed E-state index contributed by atoms with van der Waals surface area (Å²) in [6, 6.07) is 0. The van der Waals surface area contributed by atoms with Crippen LogP contribution in [0.5, 0.6) is 0 Å². The number of rotatable bonds is 21. The van der Waals surface area contributed by atoms with Gasteiger partial charge in [0.2, 0.25) is 0 Å². The quantitative estimate of drug-likeness (QED) is 0.109. The van der Waals surface area contributed by atoms with Crippen molar-refractivity contribution in [2.45, 2.75) is 221 Å². The van der Waals surface area contributed by atoms with E-state index in [1.165, 1.54) is 6.42 Å². The van der Waals surface area contributed by atoms with E-state index in [9.17, 15) is 0 Å². The van der Waals surface area contributed by atoms with Crippen LogP contribution in [-0.4, -0.2) is 0 Å². The molecule has 332 valence electrons. The predicted octanol–water partition coefficient (Wildman–Crippen LogP) is 18.4. The van der Waals surface area contributed by atoms with Crippen LogP contribution in [-0.2, 0) is 0 Å². The van der Waals surface area contributed by atoms with Gasteiger partial charge in [-0.25, -0.2) is 0 Å². The average Bonchev–Trinajstić information content (AvgIpc) is 3.07. The van der Waals surface area contributed by atoms with Gasteiger partial charge in [0.05, 0.1) is 0 Å². The first-order valence-electron chi connectivity index (χ1n) is 24.4. The van der Waals surface area contributed by atoms with Crippen LogP contribution in [0.25, 0.3) is 0 Å². The molecule has 0 aliphatic carbocycles. The van der Waals surface area contributed by atoms with Crippen LogP contribution in [0.4, 0.5) is 0 Å². The lowest BCUT2D eigenvalue weighted by atomic mass is 9.29. The van der Waals surface area contributed by atoms with Crippen molar-refractivity contribution in [2.24, 2.45) is 133 Å². The molecule has 16 atom stereocenters. The summed E-state index contributed by atoms with van der Waals surface area (Å²) in [5, 5.41) is 0. The molecule has 55 heavy (non-hydrogen) atoms. The molecule has 0 saturated carbocycles. The van der Waals surface area contributed by atoms with Crippen molar-refractivity contribution in [1.82, 2.24) is 0 Å². The standard InChI is InChI=1S/C55H112/c1-32-54(31,48(19)34(4)5)53(29,30)55(50(21,22)23,51(24,25)26)52(27,28)49(20)47(18)46(17)45(16)44(15)43(14)42(13)41(12)40(11)39(10)38(9)37(8)36(7)35(6)33(2)3/h33-49H,32H2,1-31H3/t35-,36+,37-,38+,39-,40+,41-,42+,43-,44+,45-,46+,47-,48-,49+,54+/m0/s1. The molecule has 0 rings (SSSR count). The van der Waals surface area contributed by atoms with Gasteiger partial charge in [-0.3, -0.25) is 0 Å². The van der Waals surface area contributed by atoms with E-state index in [2.05, 4.69) is 215 Å². The number of hydrogen-bond acceptors (Lipinski definition) is 0. The van der Waals surface area contributed by atoms with E-state index in [1.807, 2.05) is 0 Å². The van der Waals surface area contributed by atoms with Gasteiger partial charge >= 0.3 is 0 Å². The first-order chi connectivity index (χ1) is 24.4. The molecule has 0 amide bonds. The van der Waals surface area contributed by atoms with E-state index >= 15 is 0 Å². The van der Waals surface area contributed by atoms with Gasteiger partial charge in [-0.1, -0.05) is 215 Å². The maximum Gasteiger partial charge on any atom is -0.00900 e. The zero-order valence-electron chi connectivity index (χ0n) is 44.5. The van der Waals surface area contributed by atoms with Crippen LogP contribution in [0.1, 0.15) is 221 Å². The molecule has 0 spiro atoms. The molecule has 0 radical (unpaired) electrons. The normalized spacial score (nSPS) is 23.7. The summed E-state index contributed by atoms with van der Waals surface area (Å²) in [7, 11) is 0. The number of hydrogen-bond donors (Lipinski definition) is 0. The molecule has 0 aromatic rings. The smallest absolute Gasteiger partial charge is 0.00900 e. The highest BCUT2D eigenvalue weighted by molar-refractivity contribution is 5.19. The predicted molar refractivity (Wildman–Crippen MR) is 254 cm³/mol. The van der Waals surface area contributed by atoms with Gasteiger partial charge < -0.3 is 0 Å². The molecule has 0 fully saturated rings. The highest BCUT2D eigenvalue weighted by Crippen LogP contribution is 2.77. The summed E-state index contributed by atoms with van der Waals surface area (Å²) in [4.78, 5) is 0. The molecule has 0 aliphatic rings. The molecule has 0 heterocycles. The fraction of sp³-hybridized carbons (Fsp3) is 1.00. The minimum absolute atomic E-state index is 0.0412. The first kappa shape index (κ1) is 55.0. The van der Waals surface area contributed by atoms with Crippen LogP contribution < -0.4 is 0 Å². The van der Waals surface area contributed by atoms with Crippen LogP contribution in [0.2, 0.25) is 0 Å². The van der Waals surface area contributed by atoms with Gasteiger partial charge in [0.1, 0.15) is 0 Å². The Bertz CT molecular complexity index is 1090. The van der Waals surface area contributed by atoms with E-state index in [4.69, 9.17) is 0 Å². The SMILES string of the molecule is CC[C@](C)([C@@H](C)C(C)C)C(C)(C)C(C(C)(C)C)(C(C)(C)C)C(C)(C)[C@H](C)[C@@H](C)[C@H](C)[C@@H](C)[C@H](C)[C@@H](C)[C@H](C)[C@@H](C)[C@H](C)[C@@H](C)[C@H](C)[C@@H](C)[C@H](C)[C@@H](C)C(C)C. The van der Waals surface area contributed by atoms with Gasteiger partial charge in [-0.15, -0.1) is 0 Å². The maximum absolute atomic E-state index is 2.71. The van der Waals surface area contributed by atoms with Crippen molar-refractivity contribution in [2.75, 3.05) is 0 Å².